The molecule has 1 aromatic heterocycles. The third-order valence-electron chi connectivity index (χ3n) is 7.12. The van der Waals surface area contributed by atoms with Crippen LogP contribution in [0, 0.1) is 0 Å². The van der Waals surface area contributed by atoms with Crippen LogP contribution in [-0.4, -0.2) is 82.3 Å². The van der Waals surface area contributed by atoms with Crippen molar-refractivity contribution in [1.82, 2.24) is 4.90 Å². The monoisotopic (exact) mass is 580 g/mol. The average Bonchev–Trinajstić information content (AvgIpc) is 3.53. The summed E-state index contributed by atoms with van der Waals surface area (Å²) in [6.07, 6.45) is 3.77. The number of anilines is 1. The zero-order valence-corrected chi connectivity index (χ0v) is 24.3. The van der Waals surface area contributed by atoms with Crippen molar-refractivity contribution in [2.75, 3.05) is 56.1 Å². The van der Waals surface area contributed by atoms with Gasteiger partial charge in [0.05, 0.1) is 50.0 Å². The molecular formula is C28H40N2O7S2. The van der Waals surface area contributed by atoms with Gasteiger partial charge in [0.1, 0.15) is 11.5 Å². The molecule has 4 rings (SSSR count). The summed E-state index contributed by atoms with van der Waals surface area (Å²) >= 11 is 1.33. The summed E-state index contributed by atoms with van der Waals surface area (Å²) in [6, 6.07) is 10.4. The van der Waals surface area contributed by atoms with Gasteiger partial charge >= 0.3 is 5.97 Å². The van der Waals surface area contributed by atoms with E-state index >= 15 is 0 Å². The van der Waals surface area contributed by atoms with E-state index < -0.39 is 16.1 Å². The summed E-state index contributed by atoms with van der Waals surface area (Å²) in [7, 11) is -3.44. The van der Waals surface area contributed by atoms with E-state index in [4.69, 9.17) is 14.2 Å². The Morgan fingerprint density at radius 2 is 1.92 bits per heavy atom. The molecule has 0 amide bonds. The molecule has 0 spiro atoms. The summed E-state index contributed by atoms with van der Waals surface area (Å²) < 4.78 is 43.8. The standard InChI is InChI=1S/C28H40N2O7S2/c1-2-3-4-5-26(31)22-6-8-23(9-7-22)30-24(12-19-39(30,33)34)20-36-21-25-10-11-27(38-25)28(32)37-18-15-29-13-16-35-17-14-29/h6-11,24,26,31H,2-5,12-21H2,1H3. The molecule has 9 nitrogen and oxygen atoms in total. The molecule has 2 fully saturated rings. The number of nitrogens with zero attached hydrogens (tertiary/aromatic N) is 2. The lowest BCUT2D eigenvalue weighted by molar-refractivity contribution is 0.0197. The number of aliphatic hydroxyl groups is 1. The Morgan fingerprint density at radius 3 is 2.67 bits per heavy atom. The van der Waals surface area contributed by atoms with Gasteiger partial charge in [0, 0.05) is 24.5 Å². The first kappa shape index (κ1) is 30.0. The molecule has 216 valence electrons. The predicted octanol–water partition coefficient (Wildman–Crippen LogP) is 3.98. The quantitative estimate of drug-likeness (QED) is 0.264. The Hall–Kier alpha value is -2.02. The number of morpholine rings is 1. The number of rotatable bonds is 14. The van der Waals surface area contributed by atoms with Crippen molar-refractivity contribution in [1.29, 1.82) is 0 Å². The van der Waals surface area contributed by atoms with E-state index in [9.17, 15) is 18.3 Å². The number of sulfonamides is 1. The summed E-state index contributed by atoms with van der Waals surface area (Å²) in [6.45, 7) is 6.83. The van der Waals surface area contributed by atoms with Crippen LogP contribution in [0.15, 0.2) is 36.4 Å². The fourth-order valence-corrected chi connectivity index (χ4v) is 7.54. The fourth-order valence-electron chi connectivity index (χ4n) is 4.87. The van der Waals surface area contributed by atoms with Crippen LogP contribution in [0.2, 0.25) is 0 Å². The van der Waals surface area contributed by atoms with Gasteiger partial charge in [-0.15, -0.1) is 11.3 Å². The molecule has 0 saturated carbocycles. The Bertz CT molecular complexity index is 1150. The van der Waals surface area contributed by atoms with Crippen LogP contribution in [0.5, 0.6) is 0 Å². The number of thiophene rings is 1. The van der Waals surface area contributed by atoms with Gasteiger partial charge in [-0.25, -0.2) is 13.2 Å². The topological polar surface area (TPSA) is 106 Å². The number of carbonyl (C=O) groups excluding carboxylic acids is 1. The Morgan fingerprint density at radius 1 is 1.15 bits per heavy atom. The second-order valence-corrected chi connectivity index (χ2v) is 13.2. The van der Waals surface area contributed by atoms with Gasteiger partial charge in [0.15, 0.2) is 0 Å². The molecule has 0 radical (unpaired) electrons. The Balaban J connectivity index is 1.25. The second-order valence-electron chi connectivity index (χ2n) is 10.0. The Kier molecular flexibility index (Phi) is 11.2. The molecule has 2 aromatic rings. The van der Waals surface area contributed by atoms with Crippen LogP contribution in [0.25, 0.3) is 0 Å². The summed E-state index contributed by atoms with van der Waals surface area (Å²) in [5, 5.41) is 10.4. The molecule has 2 saturated heterocycles. The summed E-state index contributed by atoms with van der Waals surface area (Å²) in [5.74, 6) is -0.270. The van der Waals surface area contributed by atoms with Crippen molar-refractivity contribution in [3.05, 3.63) is 51.7 Å². The van der Waals surface area contributed by atoms with Gasteiger partial charge in [-0.1, -0.05) is 38.3 Å². The van der Waals surface area contributed by atoms with Gasteiger partial charge in [-0.05, 0) is 42.7 Å². The zero-order chi connectivity index (χ0) is 27.7. The van der Waals surface area contributed by atoms with Crippen LogP contribution in [0.1, 0.15) is 65.2 Å². The lowest BCUT2D eigenvalue weighted by atomic mass is 10.0. The van der Waals surface area contributed by atoms with Crippen LogP contribution >= 0.6 is 11.3 Å². The maximum absolute atomic E-state index is 12.8. The molecule has 0 aliphatic carbocycles. The number of aliphatic hydroxyl groups excluding tert-OH is 1. The van der Waals surface area contributed by atoms with Crippen LogP contribution in [0.3, 0.4) is 0 Å². The van der Waals surface area contributed by atoms with E-state index in [1.165, 1.54) is 15.6 Å². The first-order valence-electron chi connectivity index (χ1n) is 13.8. The number of esters is 1. The lowest BCUT2D eigenvalue weighted by Gasteiger charge is -2.26. The number of unbranched alkanes of at least 4 members (excludes halogenated alkanes) is 2. The van der Waals surface area contributed by atoms with Crippen molar-refractivity contribution >= 4 is 33.0 Å². The van der Waals surface area contributed by atoms with E-state index in [2.05, 4.69) is 11.8 Å². The molecule has 2 aliphatic heterocycles. The van der Waals surface area contributed by atoms with E-state index in [0.717, 1.165) is 42.8 Å². The number of hydrogen-bond donors (Lipinski definition) is 1. The minimum atomic E-state index is -3.44. The van der Waals surface area contributed by atoms with Crippen LogP contribution in [0.4, 0.5) is 5.69 Å². The second kappa shape index (κ2) is 14.6. The third kappa shape index (κ3) is 8.48. The molecular weight excluding hydrogens is 540 g/mol. The number of benzene rings is 1. The molecule has 1 aromatic carbocycles. The van der Waals surface area contributed by atoms with Gasteiger partial charge < -0.3 is 19.3 Å². The van der Waals surface area contributed by atoms with E-state index in [1.54, 1.807) is 18.2 Å². The number of carbonyl (C=O) groups is 1. The van der Waals surface area contributed by atoms with Gasteiger partial charge in [0.25, 0.3) is 0 Å². The SMILES string of the molecule is CCCCCC(O)c1ccc(N2C(COCc3ccc(C(=O)OCCN4CCOCC4)s3)CCS2(=O)=O)cc1. The van der Waals surface area contributed by atoms with E-state index in [-0.39, 0.29) is 24.4 Å². The maximum Gasteiger partial charge on any atom is 0.348 e. The smallest absolute Gasteiger partial charge is 0.348 e. The number of ether oxygens (including phenoxy) is 3. The molecule has 0 bridgehead atoms. The van der Waals surface area contributed by atoms with Crippen molar-refractivity contribution in [2.45, 2.75) is 57.8 Å². The predicted molar refractivity (Wildman–Crippen MR) is 152 cm³/mol. The molecule has 2 unspecified atom stereocenters. The van der Waals surface area contributed by atoms with Gasteiger partial charge in [-0.3, -0.25) is 9.21 Å². The van der Waals surface area contributed by atoms with Crippen molar-refractivity contribution < 1.29 is 32.5 Å². The maximum atomic E-state index is 12.8. The van der Waals surface area contributed by atoms with Crippen LogP contribution < -0.4 is 4.31 Å². The molecule has 3 heterocycles. The third-order valence-corrected chi connectivity index (χ3v) is 10.0. The highest BCUT2D eigenvalue weighted by atomic mass is 32.2. The summed E-state index contributed by atoms with van der Waals surface area (Å²) in [4.78, 5) is 16.0. The van der Waals surface area contributed by atoms with Gasteiger partial charge in [-0.2, -0.15) is 0 Å². The fraction of sp³-hybridized carbons (Fsp3) is 0.607. The van der Waals surface area contributed by atoms with Crippen molar-refractivity contribution in [3.8, 4) is 0 Å². The first-order chi connectivity index (χ1) is 18.9. The largest absolute Gasteiger partial charge is 0.460 e. The Labute approximate surface area is 235 Å². The summed E-state index contributed by atoms with van der Waals surface area (Å²) in [5.41, 5.74) is 1.39. The highest BCUT2D eigenvalue weighted by molar-refractivity contribution is 7.93. The molecule has 11 heteroatoms. The van der Waals surface area contributed by atoms with E-state index in [0.29, 0.717) is 56.4 Å². The van der Waals surface area contributed by atoms with Crippen molar-refractivity contribution in [3.63, 3.8) is 0 Å². The number of hydrogen-bond acceptors (Lipinski definition) is 9. The van der Waals surface area contributed by atoms with Crippen LogP contribution in [-0.2, 0) is 30.8 Å². The lowest BCUT2D eigenvalue weighted by Crippen LogP contribution is -2.38. The normalized spacial score (nSPS) is 20.3. The first-order valence-corrected chi connectivity index (χ1v) is 16.2. The highest BCUT2D eigenvalue weighted by Crippen LogP contribution is 2.31. The van der Waals surface area contributed by atoms with Gasteiger partial charge in [0.2, 0.25) is 10.0 Å². The van der Waals surface area contributed by atoms with Crippen molar-refractivity contribution in [2.24, 2.45) is 0 Å². The zero-order valence-electron chi connectivity index (χ0n) is 22.6. The molecule has 39 heavy (non-hydrogen) atoms. The average molecular weight is 581 g/mol. The minimum Gasteiger partial charge on any atom is -0.460 e. The molecule has 2 aliphatic rings. The van der Waals surface area contributed by atoms with E-state index in [1.807, 2.05) is 18.2 Å². The molecule has 1 N–H and O–H groups in total. The highest BCUT2D eigenvalue weighted by Gasteiger charge is 2.37. The molecule has 2 atom stereocenters. The minimum absolute atomic E-state index is 0.0713.